The van der Waals surface area contributed by atoms with Gasteiger partial charge < -0.3 is 24.1 Å². The Bertz CT molecular complexity index is 732. The minimum absolute atomic E-state index is 0.114. The van der Waals surface area contributed by atoms with Crippen LogP contribution >= 0.6 is 0 Å². The van der Waals surface area contributed by atoms with Crippen molar-refractivity contribution in [3.63, 3.8) is 0 Å². The van der Waals surface area contributed by atoms with E-state index in [4.69, 9.17) is 13.9 Å². The lowest BCUT2D eigenvalue weighted by molar-refractivity contribution is -0.119. The van der Waals surface area contributed by atoms with Gasteiger partial charge in [-0.05, 0) is 37.3 Å². The standard InChI is InChI=1S/C18H20N2O5/c1-13-6-9-24-17(13)18(22)25-12-16(21)19-14-2-4-15(5-3-14)20-7-10-23-11-8-20/h2-6,9H,7-8,10-12H2,1H3,(H,19,21). The minimum atomic E-state index is -0.652. The average Bonchev–Trinajstić information content (AvgIpc) is 3.07. The molecule has 2 aromatic rings. The molecule has 1 aromatic heterocycles. The molecule has 132 valence electrons. The molecular formula is C18H20N2O5. The zero-order valence-corrected chi connectivity index (χ0v) is 14.0. The van der Waals surface area contributed by atoms with E-state index in [9.17, 15) is 9.59 Å². The minimum Gasteiger partial charge on any atom is -0.457 e. The topological polar surface area (TPSA) is 81.0 Å². The van der Waals surface area contributed by atoms with Crippen molar-refractivity contribution in [3.05, 3.63) is 47.9 Å². The van der Waals surface area contributed by atoms with Crippen LogP contribution in [0.25, 0.3) is 0 Å². The van der Waals surface area contributed by atoms with Crippen molar-refractivity contribution in [2.75, 3.05) is 43.1 Å². The Morgan fingerprint density at radius 3 is 2.52 bits per heavy atom. The summed E-state index contributed by atoms with van der Waals surface area (Å²) in [6.07, 6.45) is 1.40. The van der Waals surface area contributed by atoms with Gasteiger partial charge in [0, 0.05) is 30.0 Å². The molecule has 7 nitrogen and oxygen atoms in total. The number of carbonyl (C=O) groups excluding carboxylic acids is 2. The van der Waals surface area contributed by atoms with Gasteiger partial charge in [0.1, 0.15) is 0 Å². The zero-order valence-electron chi connectivity index (χ0n) is 14.0. The molecule has 1 fully saturated rings. The van der Waals surface area contributed by atoms with E-state index in [1.807, 2.05) is 24.3 Å². The number of esters is 1. The molecule has 0 saturated carbocycles. The van der Waals surface area contributed by atoms with Crippen molar-refractivity contribution < 1.29 is 23.5 Å². The molecule has 0 aliphatic carbocycles. The number of ether oxygens (including phenoxy) is 2. The van der Waals surface area contributed by atoms with Gasteiger partial charge in [-0.25, -0.2) is 4.79 Å². The number of hydrogen-bond donors (Lipinski definition) is 1. The second-order valence-electron chi connectivity index (χ2n) is 5.70. The molecule has 0 radical (unpaired) electrons. The van der Waals surface area contributed by atoms with Crippen LogP contribution in [-0.4, -0.2) is 44.8 Å². The summed E-state index contributed by atoms with van der Waals surface area (Å²) in [6.45, 7) is 4.51. The fourth-order valence-corrected chi connectivity index (χ4v) is 2.55. The third kappa shape index (κ3) is 4.39. The number of aryl methyl sites for hydroxylation is 1. The van der Waals surface area contributed by atoms with Gasteiger partial charge in [0.25, 0.3) is 5.91 Å². The molecule has 3 rings (SSSR count). The van der Waals surface area contributed by atoms with Crippen LogP contribution in [0.4, 0.5) is 11.4 Å². The molecule has 0 bridgehead atoms. The van der Waals surface area contributed by atoms with E-state index in [1.54, 1.807) is 13.0 Å². The zero-order chi connectivity index (χ0) is 17.6. The second-order valence-corrected chi connectivity index (χ2v) is 5.70. The second kappa shape index (κ2) is 7.85. The Morgan fingerprint density at radius 1 is 1.16 bits per heavy atom. The highest BCUT2D eigenvalue weighted by atomic mass is 16.5. The lowest BCUT2D eigenvalue weighted by atomic mass is 10.2. The van der Waals surface area contributed by atoms with Crippen molar-refractivity contribution >= 4 is 23.3 Å². The SMILES string of the molecule is Cc1ccoc1C(=O)OCC(=O)Nc1ccc(N2CCOCC2)cc1. The van der Waals surface area contributed by atoms with Gasteiger partial charge >= 0.3 is 5.97 Å². The van der Waals surface area contributed by atoms with Crippen molar-refractivity contribution in [2.24, 2.45) is 0 Å². The number of anilines is 2. The number of amides is 1. The molecule has 25 heavy (non-hydrogen) atoms. The predicted octanol–water partition coefficient (Wildman–Crippen LogP) is 2.22. The molecule has 1 saturated heterocycles. The largest absolute Gasteiger partial charge is 0.457 e. The van der Waals surface area contributed by atoms with Crippen LogP contribution in [0.3, 0.4) is 0 Å². The number of morpholine rings is 1. The highest BCUT2D eigenvalue weighted by Crippen LogP contribution is 2.19. The number of benzene rings is 1. The molecule has 1 aromatic carbocycles. The number of rotatable bonds is 5. The summed E-state index contributed by atoms with van der Waals surface area (Å²) in [7, 11) is 0. The van der Waals surface area contributed by atoms with Crippen LogP contribution in [0.15, 0.2) is 41.0 Å². The highest BCUT2D eigenvalue weighted by molar-refractivity contribution is 5.95. The first-order chi connectivity index (χ1) is 12.1. The number of carbonyl (C=O) groups is 2. The van der Waals surface area contributed by atoms with Gasteiger partial charge in [-0.1, -0.05) is 0 Å². The molecular weight excluding hydrogens is 324 g/mol. The van der Waals surface area contributed by atoms with E-state index < -0.39 is 11.9 Å². The Labute approximate surface area is 145 Å². The average molecular weight is 344 g/mol. The van der Waals surface area contributed by atoms with Crippen LogP contribution in [0, 0.1) is 6.92 Å². The molecule has 1 aliphatic rings. The Balaban J connectivity index is 1.49. The van der Waals surface area contributed by atoms with Crippen LogP contribution in [0.5, 0.6) is 0 Å². The molecule has 1 N–H and O–H groups in total. The van der Waals surface area contributed by atoms with E-state index in [0.717, 1.165) is 32.0 Å². The molecule has 0 atom stereocenters. The molecule has 0 unspecified atom stereocenters. The van der Waals surface area contributed by atoms with E-state index >= 15 is 0 Å². The first-order valence-electron chi connectivity index (χ1n) is 8.07. The predicted molar refractivity (Wildman–Crippen MR) is 91.8 cm³/mol. The monoisotopic (exact) mass is 344 g/mol. The smallest absolute Gasteiger partial charge is 0.375 e. The lowest BCUT2D eigenvalue weighted by Gasteiger charge is -2.28. The third-order valence-corrected chi connectivity index (χ3v) is 3.91. The van der Waals surface area contributed by atoms with Gasteiger partial charge in [-0.15, -0.1) is 0 Å². The van der Waals surface area contributed by atoms with Crippen molar-refractivity contribution in [3.8, 4) is 0 Å². The Kier molecular flexibility index (Phi) is 5.35. The maximum atomic E-state index is 11.9. The van der Waals surface area contributed by atoms with E-state index in [0.29, 0.717) is 11.3 Å². The van der Waals surface area contributed by atoms with Gasteiger partial charge in [-0.2, -0.15) is 0 Å². The summed E-state index contributed by atoms with van der Waals surface area (Å²) in [5.41, 5.74) is 2.40. The van der Waals surface area contributed by atoms with Gasteiger partial charge in [0.2, 0.25) is 5.76 Å². The van der Waals surface area contributed by atoms with Crippen LogP contribution in [-0.2, 0) is 14.3 Å². The van der Waals surface area contributed by atoms with Crippen LogP contribution < -0.4 is 10.2 Å². The number of furan rings is 1. The van der Waals surface area contributed by atoms with E-state index in [-0.39, 0.29) is 12.4 Å². The van der Waals surface area contributed by atoms with Gasteiger partial charge in [-0.3, -0.25) is 4.79 Å². The number of nitrogens with zero attached hydrogens (tertiary/aromatic N) is 1. The summed E-state index contributed by atoms with van der Waals surface area (Å²) in [5.74, 6) is -0.945. The lowest BCUT2D eigenvalue weighted by Crippen LogP contribution is -2.36. The van der Waals surface area contributed by atoms with Gasteiger partial charge in [0.15, 0.2) is 6.61 Å². The normalized spacial score (nSPS) is 14.2. The van der Waals surface area contributed by atoms with E-state index in [2.05, 4.69) is 10.2 Å². The highest BCUT2D eigenvalue weighted by Gasteiger charge is 2.16. The Hall–Kier alpha value is -2.80. The van der Waals surface area contributed by atoms with Crippen molar-refractivity contribution in [1.82, 2.24) is 0 Å². The number of nitrogens with one attached hydrogen (secondary N) is 1. The first kappa shape index (κ1) is 17.0. The third-order valence-electron chi connectivity index (χ3n) is 3.91. The maximum Gasteiger partial charge on any atom is 0.375 e. The summed E-state index contributed by atoms with van der Waals surface area (Å²) in [4.78, 5) is 25.9. The molecule has 1 aliphatic heterocycles. The maximum absolute atomic E-state index is 11.9. The fraction of sp³-hybridized carbons (Fsp3) is 0.333. The molecule has 0 spiro atoms. The quantitative estimate of drug-likeness (QED) is 0.838. The van der Waals surface area contributed by atoms with E-state index in [1.165, 1.54) is 6.26 Å². The fourth-order valence-electron chi connectivity index (χ4n) is 2.55. The first-order valence-corrected chi connectivity index (χ1v) is 8.07. The molecule has 2 heterocycles. The van der Waals surface area contributed by atoms with Gasteiger partial charge in [0.05, 0.1) is 19.5 Å². The summed E-state index contributed by atoms with van der Waals surface area (Å²) < 4.78 is 15.3. The molecule has 1 amide bonds. The summed E-state index contributed by atoms with van der Waals surface area (Å²) >= 11 is 0. The summed E-state index contributed by atoms with van der Waals surface area (Å²) in [5, 5.41) is 2.70. The van der Waals surface area contributed by atoms with Crippen molar-refractivity contribution in [2.45, 2.75) is 6.92 Å². The number of hydrogen-bond acceptors (Lipinski definition) is 6. The van der Waals surface area contributed by atoms with Crippen LogP contribution in [0.1, 0.15) is 16.1 Å². The summed E-state index contributed by atoms with van der Waals surface area (Å²) in [6, 6.07) is 9.19. The Morgan fingerprint density at radius 2 is 1.88 bits per heavy atom. The molecule has 7 heteroatoms. The van der Waals surface area contributed by atoms with Crippen LogP contribution in [0.2, 0.25) is 0 Å². The van der Waals surface area contributed by atoms with Crippen molar-refractivity contribution in [1.29, 1.82) is 0 Å².